The highest BCUT2D eigenvalue weighted by atomic mass is 16.5. The first kappa shape index (κ1) is 16.8. The molecule has 5 rings (SSSR count). The smallest absolute Gasteiger partial charge is 0.119 e. The van der Waals surface area contributed by atoms with Gasteiger partial charge in [0.1, 0.15) is 18.2 Å². The number of ether oxygens (including phenoxy) is 2. The molecule has 0 N–H and O–H groups in total. The van der Waals surface area contributed by atoms with Crippen molar-refractivity contribution in [1.29, 1.82) is 0 Å². The quantitative estimate of drug-likeness (QED) is 0.691. The maximum absolute atomic E-state index is 6.11. The Morgan fingerprint density at radius 2 is 2.07 bits per heavy atom. The molecule has 0 amide bonds. The minimum absolute atomic E-state index is 0.0445. The zero-order valence-corrected chi connectivity index (χ0v) is 15.7. The monoisotopic (exact) mass is 363 g/mol. The minimum atomic E-state index is 0.0445. The fraction of sp³-hybridized carbons (Fsp3) is 0.409. The van der Waals surface area contributed by atoms with Crippen LogP contribution in [0, 0.1) is 5.92 Å². The first-order valence-electron chi connectivity index (χ1n) is 9.76. The molecule has 1 aliphatic carbocycles. The predicted molar refractivity (Wildman–Crippen MR) is 105 cm³/mol. The van der Waals surface area contributed by atoms with Crippen LogP contribution in [0.25, 0.3) is 16.8 Å². The van der Waals surface area contributed by atoms with E-state index in [4.69, 9.17) is 14.5 Å². The summed E-state index contributed by atoms with van der Waals surface area (Å²) in [7, 11) is 1.70. The molecule has 0 bridgehead atoms. The van der Waals surface area contributed by atoms with Crippen molar-refractivity contribution in [2.24, 2.45) is 5.92 Å². The highest BCUT2D eigenvalue weighted by Crippen LogP contribution is 2.33. The SMILES string of the molecule is COc1cccc(-c2cccc3c([C@H]4CN(CC5CC5)CCO4)ncn23)c1. The number of hydrogen-bond acceptors (Lipinski definition) is 4. The number of fused-ring (bicyclic) bond motifs is 1. The van der Waals surface area contributed by atoms with E-state index in [0.29, 0.717) is 0 Å². The number of aromatic nitrogens is 2. The lowest BCUT2D eigenvalue weighted by Gasteiger charge is -2.32. The van der Waals surface area contributed by atoms with Gasteiger partial charge in [0.2, 0.25) is 0 Å². The zero-order chi connectivity index (χ0) is 18.2. The van der Waals surface area contributed by atoms with Crippen LogP contribution in [0.3, 0.4) is 0 Å². The number of nitrogens with zero attached hydrogens (tertiary/aromatic N) is 3. The van der Waals surface area contributed by atoms with Crippen LogP contribution >= 0.6 is 0 Å². The van der Waals surface area contributed by atoms with Gasteiger partial charge in [-0.15, -0.1) is 0 Å². The number of methoxy groups -OCH3 is 1. The zero-order valence-electron chi connectivity index (χ0n) is 15.7. The van der Waals surface area contributed by atoms with Gasteiger partial charge in [0.15, 0.2) is 0 Å². The van der Waals surface area contributed by atoms with E-state index in [1.165, 1.54) is 19.4 Å². The van der Waals surface area contributed by atoms with Gasteiger partial charge in [-0.1, -0.05) is 18.2 Å². The summed E-state index contributed by atoms with van der Waals surface area (Å²) in [4.78, 5) is 7.30. The van der Waals surface area contributed by atoms with E-state index in [9.17, 15) is 0 Å². The Kier molecular flexibility index (Phi) is 4.34. The fourth-order valence-corrected chi connectivity index (χ4v) is 4.01. The number of pyridine rings is 1. The second-order valence-corrected chi connectivity index (χ2v) is 7.59. The lowest BCUT2D eigenvalue weighted by Crippen LogP contribution is -2.39. The summed E-state index contributed by atoms with van der Waals surface area (Å²) in [6, 6.07) is 14.5. The van der Waals surface area contributed by atoms with E-state index in [1.54, 1.807) is 7.11 Å². The molecule has 2 aromatic heterocycles. The second kappa shape index (κ2) is 6.98. The van der Waals surface area contributed by atoms with Gasteiger partial charge in [-0.2, -0.15) is 0 Å². The Balaban J connectivity index is 1.48. The van der Waals surface area contributed by atoms with E-state index in [-0.39, 0.29) is 6.10 Å². The maximum atomic E-state index is 6.11. The van der Waals surface area contributed by atoms with Crippen LogP contribution in [-0.2, 0) is 4.74 Å². The van der Waals surface area contributed by atoms with E-state index in [1.807, 2.05) is 18.5 Å². The van der Waals surface area contributed by atoms with Crippen LogP contribution in [0.1, 0.15) is 24.6 Å². The summed E-state index contributed by atoms with van der Waals surface area (Å²) in [5.74, 6) is 1.76. The van der Waals surface area contributed by atoms with Crippen molar-refractivity contribution in [3.63, 3.8) is 0 Å². The number of hydrogen-bond donors (Lipinski definition) is 0. The van der Waals surface area contributed by atoms with Crippen LogP contribution in [0.5, 0.6) is 5.75 Å². The van der Waals surface area contributed by atoms with Gasteiger partial charge in [0.05, 0.1) is 30.6 Å². The van der Waals surface area contributed by atoms with Crippen LogP contribution < -0.4 is 4.74 Å². The standard InChI is InChI=1S/C22H25N3O2/c1-26-18-5-2-4-17(12-18)19-6-3-7-20-22(23-15-25(19)20)21-14-24(10-11-27-21)13-16-8-9-16/h2-7,12,15-16,21H,8-11,13-14H2,1H3/t21-/m1/s1. The van der Waals surface area contributed by atoms with E-state index >= 15 is 0 Å². The molecule has 0 radical (unpaired) electrons. The molecule has 1 saturated carbocycles. The molecular formula is C22H25N3O2. The molecule has 1 aromatic carbocycles. The average molecular weight is 363 g/mol. The Morgan fingerprint density at radius 3 is 2.93 bits per heavy atom. The molecule has 1 saturated heterocycles. The molecule has 0 spiro atoms. The molecule has 3 heterocycles. The third kappa shape index (κ3) is 3.33. The third-order valence-corrected chi connectivity index (χ3v) is 5.64. The predicted octanol–water partition coefficient (Wildman–Crippen LogP) is 3.79. The minimum Gasteiger partial charge on any atom is -0.497 e. The van der Waals surface area contributed by atoms with Crippen LogP contribution in [-0.4, -0.2) is 47.6 Å². The third-order valence-electron chi connectivity index (χ3n) is 5.64. The van der Waals surface area contributed by atoms with Crippen LogP contribution in [0.15, 0.2) is 48.8 Å². The molecule has 27 heavy (non-hydrogen) atoms. The molecule has 5 nitrogen and oxygen atoms in total. The summed E-state index contributed by atoms with van der Waals surface area (Å²) in [6.07, 6.45) is 4.74. The molecule has 0 unspecified atom stereocenters. The van der Waals surface area contributed by atoms with Crippen molar-refractivity contribution < 1.29 is 9.47 Å². The Hall–Kier alpha value is -2.37. The molecule has 2 fully saturated rings. The van der Waals surface area contributed by atoms with E-state index in [2.05, 4.69) is 39.6 Å². The molecule has 5 heteroatoms. The van der Waals surface area contributed by atoms with Crippen molar-refractivity contribution in [2.45, 2.75) is 18.9 Å². The summed E-state index contributed by atoms with van der Waals surface area (Å²) in [5, 5.41) is 0. The molecule has 140 valence electrons. The van der Waals surface area contributed by atoms with Crippen LogP contribution in [0.2, 0.25) is 0 Å². The van der Waals surface area contributed by atoms with E-state index in [0.717, 1.165) is 53.8 Å². The van der Waals surface area contributed by atoms with Crippen LogP contribution in [0.4, 0.5) is 0 Å². The average Bonchev–Trinajstić information content (AvgIpc) is 3.42. The highest BCUT2D eigenvalue weighted by molar-refractivity contribution is 5.67. The van der Waals surface area contributed by atoms with Gasteiger partial charge in [0, 0.05) is 25.2 Å². The second-order valence-electron chi connectivity index (χ2n) is 7.59. The largest absolute Gasteiger partial charge is 0.497 e. The van der Waals surface area contributed by atoms with E-state index < -0.39 is 0 Å². The van der Waals surface area contributed by atoms with Crippen molar-refractivity contribution in [3.8, 4) is 17.0 Å². The summed E-state index contributed by atoms with van der Waals surface area (Å²) in [6.45, 7) is 3.97. The Labute approximate surface area is 159 Å². The molecule has 2 aliphatic rings. The van der Waals surface area contributed by atoms with Gasteiger partial charge in [-0.05, 0) is 43.0 Å². The molecule has 1 aliphatic heterocycles. The Morgan fingerprint density at radius 1 is 1.19 bits per heavy atom. The first-order chi connectivity index (χ1) is 13.3. The number of morpholine rings is 1. The number of rotatable bonds is 5. The molecule has 3 aromatic rings. The topological polar surface area (TPSA) is 39.0 Å². The summed E-state index contributed by atoms with van der Waals surface area (Å²) in [5.41, 5.74) is 4.38. The molecular weight excluding hydrogens is 338 g/mol. The lowest BCUT2D eigenvalue weighted by atomic mass is 10.1. The van der Waals surface area contributed by atoms with Crippen molar-refractivity contribution >= 4 is 5.52 Å². The normalized spacial score (nSPS) is 20.9. The van der Waals surface area contributed by atoms with Crippen molar-refractivity contribution in [1.82, 2.24) is 14.3 Å². The van der Waals surface area contributed by atoms with Gasteiger partial charge in [-0.25, -0.2) is 4.98 Å². The number of imidazole rings is 1. The van der Waals surface area contributed by atoms with Gasteiger partial charge >= 0.3 is 0 Å². The maximum Gasteiger partial charge on any atom is 0.119 e. The highest BCUT2D eigenvalue weighted by Gasteiger charge is 2.30. The van der Waals surface area contributed by atoms with Crippen molar-refractivity contribution in [2.75, 3.05) is 33.4 Å². The summed E-state index contributed by atoms with van der Waals surface area (Å²) < 4.78 is 13.7. The first-order valence-corrected chi connectivity index (χ1v) is 9.76. The van der Waals surface area contributed by atoms with Gasteiger partial charge < -0.3 is 9.47 Å². The Bertz CT molecular complexity index is 948. The molecule has 1 atom stereocenters. The van der Waals surface area contributed by atoms with Crippen molar-refractivity contribution in [3.05, 3.63) is 54.5 Å². The van der Waals surface area contributed by atoms with Gasteiger partial charge in [0.25, 0.3) is 0 Å². The van der Waals surface area contributed by atoms with Gasteiger partial charge in [-0.3, -0.25) is 9.30 Å². The fourth-order valence-electron chi connectivity index (χ4n) is 4.01. The lowest BCUT2D eigenvalue weighted by molar-refractivity contribution is -0.0325. The summed E-state index contributed by atoms with van der Waals surface area (Å²) >= 11 is 0. The number of benzene rings is 1.